The molecule has 3 amide bonds. The lowest BCUT2D eigenvalue weighted by molar-refractivity contribution is -0.147. The van der Waals surface area contributed by atoms with Crippen molar-refractivity contribution < 1.29 is 23.9 Å². The molecule has 1 saturated heterocycles. The minimum atomic E-state index is -0.474. The van der Waals surface area contributed by atoms with Gasteiger partial charge in [0.15, 0.2) is 5.43 Å². The summed E-state index contributed by atoms with van der Waals surface area (Å²) in [5.74, 6) is 1.09. The van der Waals surface area contributed by atoms with E-state index in [2.05, 4.69) is 40.4 Å². The number of carbonyl (C=O) groups is 3. The minimum absolute atomic E-state index is 0.00389. The summed E-state index contributed by atoms with van der Waals surface area (Å²) in [5.41, 5.74) is 3.53. The molecule has 2 aromatic heterocycles. The molecule has 51 heavy (non-hydrogen) atoms. The second-order valence-corrected chi connectivity index (χ2v) is 15.4. The molecule has 0 bridgehead atoms. The Labute approximate surface area is 309 Å². The maximum Gasteiger partial charge on any atom is 0.252 e. The topological polar surface area (TPSA) is 143 Å². The van der Waals surface area contributed by atoms with Crippen LogP contribution in [0.3, 0.4) is 0 Å². The molecule has 1 aliphatic heterocycles. The van der Waals surface area contributed by atoms with Gasteiger partial charge in [0.05, 0.1) is 24.0 Å². The summed E-state index contributed by atoms with van der Waals surface area (Å²) < 4.78 is 13.5. The number of allylic oxidation sites excluding steroid dienone is 1. The van der Waals surface area contributed by atoms with Crippen molar-refractivity contribution in [3.8, 4) is 16.5 Å². The van der Waals surface area contributed by atoms with Crippen LogP contribution in [0.2, 0.25) is 0 Å². The number of ether oxygens (including phenoxy) is 2. The normalized spacial score (nSPS) is 17.1. The molecule has 3 N–H and O–H groups in total. The molecular weight excluding hydrogens is 687 g/mol. The quantitative estimate of drug-likeness (QED) is 0.0681. The molecule has 0 spiro atoms. The summed E-state index contributed by atoms with van der Waals surface area (Å²) in [7, 11) is 1.63. The van der Waals surface area contributed by atoms with E-state index in [9.17, 15) is 19.2 Å². The van der Waals surface area contributed by atoms with Crippen LogP contribution >= 0.6 is 23.3 Å². The number of likely N-dealkylation sites (tertiary alicyclic amines) is 1. The number of nitrogens with zero attached hydrogens (tertiary/aromatic N) is 2. The molecule has 2 unspecified atom stereocenters. The van der Waals surface area contributed by atoms with E-state index in [1.165, 1.54) is 24.8 Å². The molecule has 2 atom stereocenters. The number of aromatic amines is 1. The monoisotopic (exact) mass is 739 g/mol. The maximum absolute atomic E-state index is 12.5. The molecule has 3 aliphatic rings. The number of rotatable bonds is 15. The Bertz CT molecular complexity index is 1680. The van der Waals surface area contributed by atoms with E-state index < -0.39 is 6.10 Å². The Morgan fingerprint density at radius 1 is 1.18 bits per heavy atom. The van der Waals surface area contributed by atoms with Crippen LogP contribution in [-0.4, -0.2) is 76.8 Å². The zero-order valence-electron chi connectivity index (χ0n) is 30.5. The predicted molar refractivity (Wildman–Crippen MR) is 206 cm³/mol. The molecule has 2 aliphatic carbocycles. The zero-order valence-corrected chi connectivity index (χ0v) is 32.1. The molecule has 3 aromatic rings. The highest BCUT2D eigenvalue weighted by atomic mass is 32.2. The van der Waals surface area contributed by atoms with Crippen LogP contribution in [0.1, 0.15) is 95.7 Å². The number of hydrogen-bond donors (Lipinski definition) is 3. The van der Waals surface area contributed by atoms with Crippen LogP contribution in [0.25, 0.3) is 21.6 Å². The molecule has 3 fully saturated rings. The van der Waals surface area contributed by atoms with Crippen LogP contribution < -0.4 is 20.2 Å². The summed E-state index contributed by atoms with van der Waals surface area (Å²) in [6, 6.07) is 5.28. The van der Waals surface area contributed by atoms with Crippen molar-refractivity contribution >= 4 is 52.4 Å². The first-order valence-corrected chi connectivity index (χ1v) is 19.7. The fourth-order valence-corrected chi connectivity index (χ4v) is 7.12. The first kappa shape index (κ1) is 40.1. The number of hydrogen-bond acceptors (Lipinski definition) is 9. The van der Waals surface area contributed by atoms with Crippen molar-refractivity contribution in [3.63, 3.8) is 0 Å². The molecular formula is C38H53N5O6S2. The molecule has 278 valence electrons. The Kier molecular flexibility index (Phi) is 15.6. The molecule has 3 heterocycles. The van der Waals surface area contributed by atoms with Gasteiger partial charge >= 0.3 is 0 Å². The summed E-state index contributed by atoms with van der Waals surface area (Å²) in [6.45, 7) is 12.9. The molecule has 2 saturated carbocycles. The maximum atomic E-state index is 12.5. The number of benzene rings is 1. The number of amides is 3. The lowest BCUT2D eigenvalue weighted by atomic mass is 10.1. The second-order valence-electron chi connectivity index (χ2n) is 13.4. The minimum Gasteiger partial charge on any atom is -0.496 e. The second kappa shape index (κ2) is 19.8. The first-order chi connectivity index (χ1) is 24.6. The van der Waals surface area contributed by atoms with E-state index in [1.54, 1.807) is 42.4 Å². The Morgan fingerprint density at radius 2 is 1.94 bits per heavy atom. The van der Waals surface area contributed by atoms with Crippen molar-refractivity contribution in [2.45, 2.75) is 115 Å². The van der Waals surface area contributed by atoms with E-state index in [0.29, 0.717) is 30.5 Å². The van der Waals surface area contributed by atoms with Crippen molar-refractivity contribution in [1.82, 2.24) is 24.9 Å². The first-order valence-electron chi connectivity index (χ1n) is 17.9. The number of nitrogens with one attached hydrogen (secondary N) is 3. The molecule has 11 nitrogen and oxygen atoms in total. The number of carbonyl (C=O) groups excluding carboxylic acids is 3. The van der Waals surface area contributed by atoms with Crippen LogP contribution in [0.5, 0.6) is 5.75 Å². The third kappa shape index (κ3) is 11.9. The smallest absolute Gasteiger partial charge is 0.252 e. The van der Waals surface area contributed by atoms with Crippen LogP contribution in [-0.2, 0) is 19.1 Å². The molecule has 1 aromatic carbocycles. The number of fused-ring (bicyclic) bond motifs is 1. The van der Waals surface area contributed by atoms with Crippen LogP contribution in [0, 0.1) is 6.92 Å². The van der Waals surface area contributed by atoms with Gasteiger partial charge in [-0.1, -0.05) is 19.9 Å². The summed E-state index contributed by atoms with van der Waals surface area (Å²) >= 11 is 3.08. The van der Waals surface area contributed by atoms with Gasteiger partial charge in [-0.25, -0.2) is 4.98 Å². The Balaban J connectivity index is 0.000000192. The van der Waals surface area contributed by atoms with Crippen molar-refractivity contribution in [3.05, 3.63) is 57.7 Å². The van der Waals surface area contributed by atoms with E-state index in [4.69, 9.17) is 9.47 Å². The molecule has 6 rings (SSSR count). The van der Waals surface area contributed by atoms with Gasteiger partial charge < -0.3 is 29.4 Å². The largest absolute Gasteiger partial charge is 0.496 e. The van der Waals surface area contributed by atoms with Gasteiger partial charge in [-0.05, 0) is 102 Å². The van der Waals surface area contributed by atoms with Gasteiger partial charge in [0.25, 0.3) is 5.91 Å². The number of methoxy groups -OCH3 is 1. The lowest BCUT2D eigenvalue weighted by Crippen LogP contribution is -2.49. The van der Waals surface area contributed by atoms with Gasteiger partial charge in [-0.15, -0.1) is 17.9 Å². The average molecular weight is 740 g/mol. The van der Waals surface area contributed by atoms with E-state index in [-0.39, 0.29) is 23.3 Å². The highest BCUT2D eigenvalue weighted by molar-refractivity contribution is 7.98. The van der Waals surface area contributed by atoms with Crippen LogP contribution in [0.15, 0.2) is 41.0 Å². The Morgan fingerprint density at radius 3 is 2.57 bits per heavy atom. The summed E-state index contributed by atoms with van der Waals surface area (Å²) in [6.07, 6.45) is 11.4. The van der Waals surface area contributed by atoms with Gasteiger partial charge in [-0.3, -0.25) is 19.2 Å². The summed E-state index contributed by atoms with van der Waals surface area (Å²) in [4.78, 5) is 56.3. The zero-order chi connectivity index (χ0) is 36.9. The van der Waals surface area contributed by atoms with Gasteiger partial charge in [0.2, 0.25) is 12.3 Å². The number of thiazole rings is 1. The highest BCUT2D eigenvalue weighted by Gasteiger charge is 2.38. The fourth-order valence-electron chi connectivity index (χ4n) is 5.54. The van der Waals surface area contributed by atoms with Crippen molar-refractivity contribution in [2.24, 2.45) is 0 Å². The van der Waals surface area contributed by atoms with E-state index >= 15 is 0 Å². The SMILES string of the molecule is C=CCCCCOC(C)C(=O)N1CCCC1C(=O)NC1CC1.COc1ccc2c(=O)cc(-c3nc(C(C)C)cs3)[nH]c2c1C.O=CNSC1CC1. The average Bonchev–Trinajstić information content (AvgIpc) is 4.02. The van der Waals surface area contributed by atoms with Crippen molar-refractivity contribution in [1.29, 1.82) is 0 Å². The molecule has 13 heteroatoms. The van der Waals surface area contributed by atoms with Crippen molar-refractivity contribution in [2.75, 3.05) is 20.3 Å². The standard InChI is InChI=1S/C17H28N2O3.C17H18N2O2S.C4H7NOS/c1-3-4-5-6-12-22-13(2)17(21)19-11-7-8-15(19)16(20)18-14-9-10-14;1-9(2)13-8-22-17(19-13)12-7-14(20)11-5-6-15(21-4)10(3)16(11)18-12;6-3-5-7-4-1-2-4/h3,13-15H,1,4-12H2,2H3,(H,18,20);5-9H,1-4H3,(H,18,20);3-4H,1-2H2,(H,5,6). The predicted octanol–water partition coefficient (Wildman–Crippen LogP) is 6.65. The number of aryl methyl sites for hydroxylation is 1. The number of unbranched alkanes of at least 4 members (excludes halogenated alkanes) is 2. The number of aromatic nitrogens is 2. The van der Waals surface area contributed by atoms with Gasteiger partial charge in [0.1, 0.15) is 22.9 Å². The molecule has 0 radical (unpaired) electrons. The lowest BCUT2D eigenvalue weighted by Gasteiger charge is -2.26. The van der Waals surface area contributed by atoms with E-state index in [1.807, 2.05) is 24.4 Å². The fraction of sp³-hybridized carbons (Fsp3) is 0.553. The highest BCUT2D eigenvalue weighted by Crippen LogP contribution is 2.31. The third-order valence-corrected chi connectivity index (χ3v) is 10.8. The third-order valence-electron chi connectivity index (χ3n) is 8.87. The van der Waals surface area contributed by atoms with E-state index in [0.717, 1.165) is 89.8 Å². The number of pyridine rings is 1. The van der Waals surface area contributed by atoms with Gasteiger partial charge in [0, 0.05) is 46.8 Å². The van der Waals surface area contributed by atoms with Crippen LogP contribution in [0.4, 0.5) is 0 Å². The number of H-pyrrole nitrogens is 1. The van der Waals surface area contributed by atoms with Gasteiger partial charge in [-0.2, -0.15) is 0 Å². The summed E-state index contributed by atoms with van der Waals surface area (Å²) in [5, 5.41) is 7.28. The Hall–Kier alpha value is -3.68.